The molecule has 1 aliphatic rings. The summed E-state index contributed by atoms with van der Waals surface area (Å²) in [5, 5.41) is 10.4. The Morgan fingerprint density at radius 2 is 1.75 bits per heavy atom. The van der Waals surface area contributed by atoms with Crippen LogP contribution in [0.25, 0.3) is 0 Å². The Hall–Kier alpha value is -2.90. The third-order valence-corrected chi connectivity index (χ3v) is 4.50. The van der Waals surface area contributed by atoms with Crippen molar-refractivity contribution in [2.75, 3.05) is 13.2 Å². The average Bonchev–Trinajstić information content (AvgIpc) is 3.09. The van der Waals surface area contributed by atoms with Gasteiger partial charge in [0.05, 0.1) is 12.6 Å². The second-order valence-electron chi connectivity index (χ2n) is 6.28. The number of benzene rings is 2. The second-order valence-corrected chi connectivity index (χ2v) is 6.71. The molecule has 1 fully saturated rings. The molecule has 146 valence electrons. The minimum absolute atomic E-state index is 0.0118. The van der Waals surface area contributed by atoms with E-state index < -0.39 is 36.6 Å². The van der Waals surface area contributed by atoms with Gasteiger partial charge in [0, 0.05) is 17.0 Å². The molecule has 1 heterocycles. The smallest absolute Gasteiger partial charge is 0.416 e. The van der Waals surface area contributed by atoms with Gasteiger partial charge in [-0.2, -0.15) is 0 Å². The van der Waals surface area contributed by atoms with Crippen LogP contribution in [0.4, 0.5) is 4.79 Å². The van der Waals surface area contributed by atoms with E-state index in [1.54, 1.807) is 42.5 Å². The van der Waals surface area contributed by atoms with Crippen molar-refractivity contribution < 1.29 is 29.0 Å². The molecule has 0 aliphatic carbocycles. The number of carbonyl (C=O) groups is 3. The molecule has 8 heteroatoms. The SMILES string of the molecule is O=C(COC(=O)[C@@H]1C[C@@H](O)CN1C(=O)Oc1ccccc1)c1ccc(Cl)cc1. The molecule has 2 aromatic rings. The minimum atomic E-state index is -1.02. The van der Waals surface area contributed by atoms with Gasteiger partial charge in [0.1, 0.15) is 11.8 Å². The summed E-state index contributed by atoms with van der Waals surface area (Å²) in [6, 6.07) is 13.5. The molecule has 7 nitrogen and oxygen atoms in total. The number of Topliss-reactive ketones (excluding diaryl/α,β-unsaturated/α-hetero) is 1. The lowest BCUT2D eigenvalue weighted by Crippen LogP contribution is -2.43. The van der Waals surface area contributed by atoms with Gasteiger partial charge >= 0.3 is 12.1 Å². The van der Waals surface area contributed by atoms with Crippen molar-refractivity contribution in [3.05, 3.63) is 65.2 Å². The summed E-state index contributed by atoms with van der Waals surface area (Å²) < 4.78 is 10.3. The lowest BCUT2D eigenvalue weighted by Gasteiger charge is -2.22. The van der Waals surface area contributed by atoms with E-state index in [9.17, 15) is 19.5 Å². The molecule has 0 unspecified atom stereocenters. The monoisotopic (exact) mass is 403 g/mol. The Morgan fingerprint density at radius 3 is 2.43 bits per heavy atom. The van der Waals surface area contributed by atoms with Crippen LogP contribution in [0.15, 0.2) is 54.6 Å². The normalized spacial score (nSPS) is 18.6. The second kappa shape index (κ2) is 8.86. The summed E-state index contributed by atoms with van der Waals surface area (Å²) in [5.74, 6) is -0.857. The van der Waals surface area contributed by atoms with Crippen LogP contribution in [0.5, 0.6) is 5.75 Å². The lowest BCUT2D eigenvalue weighted by molar-refractivity contribution is -0.147. The highest BCUT2D eigenvalue weighted by atomic mass is 35.5. The number of aliphatic hydroxyl groups is 1. The number of likely N-dealkylation sites (tertiary alicyclic amines) is 1. The zero-order valence-corrected chi connectivity index (χ0v) is 15.5. The lowest BCUT2D eigenvalue weighted by atomic mass is 10.1. The van der Waals surface area contributed by atoms with E-state index in [0.717, 1.165) is 4.90 Å². The highest BCUT2D eigenvalue weighted by Crippen LogP contribution is 2.22. The molecule has 1 saturated heterocycles. The van der Waals surface area contributed by atoms with Crippen LogP contribution < -0.4 is 4.74 Å². The van der Waals surface area contributed by atoms with Crippen LogP contribution in [0.3, 0.4) is 0 Å². The predicted octanol–water partition coefficient (Wildman–Crippen LogP) is 2.70. The maximum Gasteiger partial charge on any atom is 0.416 e. The van der Waals surface area contributed by atoms with Crippen molar-refractivity contribution in [3.8, 4) is 5.75 Å². The molecule has 28 heavy (non-hydrogen) atoms. The molecule has 0 radical (unpaired) electrons. The summed E-state index contributed by atoms with van der Waals surface area (Å²) in [4.78, 5) is 38.0. The molecular formula is C20H18ClNO6. The Balaban J connectivity index is 1.60. The number of amides is 1. The fourth-order valence-electron chi connectivity index (χ4n) is 2.84. The maximum absolute atomic E-state index is 12.4. The fourth-order valence-corrected chi connectivity index (χ4v) is 2.96. The first-order valence-electron chi connectivity index (χ1n) is 8.61. The molecule has 0 saturated carbocycles. The van der Waals surface area contributed by atoms with Crippen molar-refractivity contribution in [3.63, 3.8) is 0 Å². The summed E-state index contributed by atoms with van der Waals surface area (Å²) in [6.45, 7) is -0.537. The Morgan fingerprint density at radius 1 is 1.07 bits per heavy atom. The number of ketones is 1. The number of aliphatic hydroxyl groups excluding tert-OH is 1. The maximum atomic E-state index is 12.4. The van der Waals surface area contributed by atoms with Crippen molar-refractivity contribution in [1.82, 2.24) is 4.90 Å². The Kier molecular flexibility index (Phi) is 6.28. The molecule has 0 bridgehead atoms. The highest BCUT2D eigenvalue weighted by molar-refractivity contribution is 6.30. The summed E-state index contributed by atoms with van der Waals surface area (Å²) in [6.07, 6.45) is -1.64. The van der Waals surface area contributed by atoms with Crippen molar-refractivity contribution in [2.24, 2.45) is 0 Å². The first kappa shape index (κ1) is 19.9. The summed E-state index contributed by atoms with van der Waals surface area (Å²) >= 11 is 5.78. The largest absolute Gasteiger partial charge is 0.456 e. The number of β-amino-alcohol motifs (C(OH)–C–C–N with tert-alkyl or cyclic N) is 1. The first-order valence-corrected chi connectivity index (χ1v) is 8.99. The van der Waals surface area contributed by atoms with E-state index in [0.29, 0.717) is 16.3 Å². The number of ether oxygens (including phenoxy) is 2. The zero-order chi connectivity index (χ0) is 20.1. The zero-order valence-electron chi connectivity index (χ0n) is 14.8. The van der Waals surface area contributed by atoms with Crippen LogP contribution >= 0.6 is 11.6 Å². The van der Waals surface area contributed by atoms with E-state index in [-0.39, 0.29) is 13.0 Å². The van der Waals surface area contributed by atoms with Gasteiger partial charge < -0.3 is 14.6 Å². The predicted molar refractivity (Wildman–Crippen MR) is 100 cm³/mol. The van der Waals surface area contributed by atoms with Crippen LogP contribution in [0.1, 0.15) is 16.8 Å². The van der Waals surface area contributed by atoms with Crippen molar-refractivity contribution in [2.45, 2.75) is 18.6 Å². The van der Waals surface area contributed by atoms with Gasteiger partial charge in [0.2, 0.25) is 0 Å². The van der Waals surface area contributed by atoms with Gasteiger partial charge in [0.15, 0.2) is 12.4 Å². The van der Waals surface area contributed by atoms with E-state index in [1.807, 2.05) is 0 Å². The molecule has 2 aromatic carbocycles. The van der Waals surface area contributed by atoms with Gasteiger partial charge in [-0.05, 0) is 36.4 Å². The summed E-state index contributed by atoms with van der Waals surface area (Å²) in [7, 11) is 0. The van der Waals surface area contributed by atoms with E-state index >= 15 is 0 Å². The number of nitrogens with zero attached hydrogens (tertiary/aromatic N) is 1. The number of rotatable bonds is 5. The quantitative estimate of drug-likeness (QED) is 0.609. The van der Waals surface area contributed by atoms with Crippen molar-refractivity contribution >= 4 is 29.4 Å². The topological polar surface area (TPSA) is 93.1 Å². The van der Waals surface area contributed by atoms with E-state index in [1.165, 1.54) is 12.1 Å². The Labute approximate surface area is 166 Å². The first-order chi connectivity index (χ1) is 13.4. The van der Waals surface area contributed by atoms with Crippen LogP contribution in [0, 0.1) is 0 Å². The van der Waals surface area contributed by atoms with Crippen molar-refractivity contribution in [1.29, 1.82) is 0 Å². The molecule has 1 N–H and O–H groups in total. The number of halogens is 1. The highest BCUT2D eigenvalue weighted by Gasteiger charge is 2.41. The molecule has 2 atom stereocenters. The molecule has 1 aliphatic heterocycles. The molecular weight excluding hydrogens is 386 g/mol. The molecule has 1 amide bonds. The van der Waals surface area contributed by atoms with E-state index in [2.05, 4.69) is 0 Å². The number of para-hydroxylation sites is 1. The van der Waals surface area contributed by atoms with Gasteiger partial charge in [0.25, 0.3) is 0 Å². The standard InChI is InChI=1S/C20H18ClNO6/c21-14-8-6-13(7-9-14)18(24)12-27-19(25)17-10-15(23)11-22(17)20(26)28-16-4-2-1-3-5-16/h1-9,15,17,23H,10-12H2/t15-,17+/m1/s1. The Bertz CT molecular complexity index is 855. The number of hydrogen-bond donors (Lipinski definition) is 1. The molecule has 0 aromatic heterocycles. The third-order valence-electron chi connectivity index (χ3n) is 4.25. The van der Waals surface area contributed by atoms with Gasteiger partial charge in [-0.15, -0.1) is 0 Å². The third kappa shape index (κ3) is 4.88. The summed E-state index contributed by atoms with van der Waals surface area (Å²) in [5.41, 5.74) is 0.351. The van der Waals surface area contributed by atoms with Gasteiger partial charge in [-0.25, -0.2) is 9.59 Å². The number of hydrogen-bond acceptors (Lipinski definition) is 6. The van der Waals surface area contributed by atoms with Crippen LogP contribution in [-0.2, 0) is 9.53 Å². The molecule has 0 spiro atoms. The minimum Gasteiger partial charge on any atom is -0.456 e. The van der Waals surface area contributed by atoms with Gasteiger partial charge in [-0.1, -0.05) is 29.8 Å². The fraction of sp³-hybridized carbons (Fsp3) is 0.250. The average molecular weight is 404 g/mol. The molecule has 3 rings (SSSR count). The van der Waals surface area contributed by atoms with Crippen LogP contribution in [0.2, 0.25) is 5.02 Å². The number of esters is 1. The van der Waals surface area contributed by atoms with Crippen LogP contribution in [-0.4, -0.2) is 53.1 Å². The number of carbonyl (C=O) groups excluding carboxylic acids is 3. The van der Waals surface area contributed by atoms with E-state index in [4.69, 9.17) is 21.1 Å². The van der Waals surface area contributed by atoms with Gasteiger partial charge in [-0.3, -0.25) is 9.69 Å².